The second-order valence-corrected chi connectivity index (χ2v) is 7.71. The first-order chi connectivity index (χ1) is 14.8. The van der Waals surface area contributed by atoms with E-state index in [0.29, 0.717) is 22.5 Å². The van der Waals surface area contributed by atoms with Crippen LogP contribution in [0.15, 0.2) is 31.2 Å². The van der Waals surface area contributed by atoms with E-state index < -0.39 is 24.9 Å². The van der Waals surface area contributed by atoms with E-state index in [1.807, 2.05) is 6.92 Å². The molecule has 0 aromatic carbocycles. The van der Waals surface area contributed by atoms with Gasteiger partial charge in [0.15, 0.2) is 23.8 Å². The summed E-state index contributed by atoms with van der Waals surface area (Å²) in [6.45, 7) is 4.56. The maximum Gasteiger partial charge on any atom is 0.298 e. The molecular weight excluding hydrogens is 413 g/mol. The zero-order valence-corrected chi connectivity index (χ0v) is 16.6. The van der Waals surface area contributed by atoms with Gasteiger partial charge in [-0.3, -0.25) is 0 Å². The van der Waals surface area contributed by atoms with Crippen LogP contribution in [-0.4, -0.2) is 51.3 Å². The Hall–Kier alpha value is -3.50. The van der Waals surface area contributed by atoms with Crippen molar-refractivity contribution < 1.29 is 22.6 Å². The number of hydrogen-bond donors (Lipinski definition) is 1. The number of nitrogens with one attached hydrogen (secondary N) is 1. The molecular formula is C20H19F3N6O2. The van der Waals surface area contributed by atoms with Gasteiger partial charge in [0, 0.05) is 11.3 Å². The zero-order valence-electron chi connectivity index (χ0n) is 16.6. The lowest BCUT2D eigenvalue weighted by Gasteiger charge is -2.25. The summed E-state index contributed by atoms with van der Waals surface area (Å²) in [5.41, 5.74) is 1.92. The Morgan fingerprint density at radius 2 is 2.13 bits per heavy atom. The van der Waals surface area contributed by atoms with Crippen LogP contribution in [0, 0.1) is 5.82 Å². The van der Waals surface area contributed by atoms with Gasteiger partial charge >= 0.3 is 0 Å². The van der Waals surface area contributed by atoms with Crippen molar-refractivity contribution in [2.45, 2.75) is 25.4 Å². The van der Waals surface area contributed by atoms with Crippen LogP contribution in [-0.2, 0) is 6.54 Å². The average Bonchev–Trinajstić information content (AvgIpc) is 3.07. The molecule has 0 saturated carbocycles. The van der Waals surface area contributed by atoms with Gasteiger partial charge in [0.05, 0.1) is 43.3 Å². The van der Waals surface area contributed by atoms with E-state index in [-0.39, 0.29) is 36.6 Å². The molecule has 1 N–H and O–H groups in total. The lowest BCUT2D eigenvalue weighted by molar-refractivity contribution is -0.0293. The smallest absolute Gasteiger partial charge is 0.298 e. The summed E-state index contributed by atoms with van der Waals surface area (Å²) in [5.74, 6) is -3.24. The van der Waals surface area contributed by atoms with E-state index >= 15 is 0 Å². The lowest BCUT2D eigenvalue weighted by Crippen LogP contribution is -2.38. The van der Waals surface area contributed by atoms with Gasteiger partial charge in [0.25, 0.3) is 5.92 Å². The number of pyridine rings is 1. The fourth-order valence-electron chi connectivity index (χ4n) is 3.68. The number of halogens is 3. The molecule has 0 spiro atoms. The Balaban J connectivity index is 1.71. The summed E-state index contributed by atoms with van der Waals surface area (Å²) in [7, 11) is 0. The second kappa shape index (κ2) is 7.03. The van der Waals surface area contributed by atoms with Crippen LogP contribution >= 0.6 is 0 Å². The van der Waals surface area contributed by atoms with E-state index in [0.717, 1.165) is 6.20 Å². The fraction of sp³-hybridized carbons (Fsp3) is 0.350. The summed E-state index contributed by atoms with van der Waals surface area (Å²) in [6, 6.07) is 1.05. The molecule has 2 aliphatic heterocycles. The summed E-state index contributed by atoms with van der Waals surface area (Å²) >= 11 is 0. The minimum absolute atomic E-state index is 0.0958. The van der Waals surface area contributed by atoms with Crippen LogP contribution in [0.2, 0.25) is 0 Å². The third kappa shape index (κ3) is 3.60. The molecule has 5 heterocycles. The predicted octanol–water partition coefficient (Wildman–Crippen LogP) is 2.64. The normalized spacial score (nSPS) is 20.5. The van der Waals surface area contributed by atoms with E-state index in [9.17, 15) is 13.2 Å². The minimum atomic E-state index is -3.15. The first-order valence-electron chi connectivity index (χ1n) is 9.66. The molecule has 0 amide bonds. The van der Waals surface area contributed by atoms with Crippen LogP contribution in [0.3, 0.4) is 0 Å². The molecule has 162 valence electrons. The molecule has 0 saturated heterocycles. The number of anilines is 1. The highest BCUT2D eigenvalue weighted by Gasteiger charge is 2.38. The highest BCUT2D eigenvalue weighted by atomic mass is 19.3. The molecule has 8 nitrogen and oxygen atoms in total. The largest absolute Gasteiger partial charge is 0.482 e. The van der Waals surface area contributed by atoms with E-state index in [1.54, 1.807) is 6.20 Å². The minimum Gasteiger partial charge on any atom is -0.482 e. The van der Waals surface area contributed by atoms with Crippen LogP contribution in [0.1, 0.15) is 18.1 Å². The number of hydrogen-bond acceptors (Lipinski definition) is 7. The Morgan fingerprint density at radius 1 is 1.29 bits per heavy atom. The summed E-state index contributed by atoms with van der Waals surface area (Å²) in [6.07, 6.45) is 4.13. The van der Waals surface area contributed by atoms with Crippen LogP contribution in [0.25, 0.3) is 11.3 Å². The standard InChI is InChI=1S/C20H19F3N6O2/c1-11-8-30-19-13(3-14(21)4-24-19)6-28-9-20(22,23)10-31-16-7-29-17(27-18(16)28)15(5-25-29)12(2)26-11/h3-5,7,11,26H,2,6,8-10H2,1H3/t11-/m1/s1. The van der Waals surface area contributed by atoms with E-state index in [2.05, 4.69) is 27.0 Å². The molecule has 2 bridgehead atoms. The summed E-state index contributed by atoms with van der Waals surface area (Å²) < 4.78 is 55.6. The van der Waals surface area contributed by atoms with Crippen molar-refractivity contribution in [1.82, 2.24) is 24.9 Å². The Bertz CT molecular complexity index is 1180. The number of fused-ring (bicyclic) bond motifs is 1. The molecule has 0 fully saturated rings. The first-order valence-corrected chi connectivity index (χ1v) is 9.66. The van der Waals surface area contributed by atoms with Crippen molar-refractivity contribution in [3.05, 3.63) is 48.2 Å². The molecule has 0 radical (unpaired) electrons. The summed E-state index contributed by atoms with van der Waals surface area (Å²) in [5, 5.41) is 7.47. The van der Waals surface area contributed by atoms with Gasteiger partial charge in [0.1, 0.15) is 12.4 Å². The van der Waals surface area contributed by atoms with Crippen molar-refractivity contribution in [2.75, 3.05) is 24.7 Å². The third-order valence-corrected chi connectivity index (χ3v) is 5.07. The molecule has 0 aliphatic carbocycles. The van der Waals surface area contributed by atoms with E-state index in [1.165, 1.54) is 21.7 Å². The Morgan fingerprint density at radius 3 is 2.97 bits per heavy atom. The van der Waals surface area contributed by atoms with Crippen molar-refractivity contribution >= 4 is 17.2 Å². The van der Waals surface area contributed by atoms with Gasteiger partial charge in [-0.15, -0.1) is 0 Å². The van der Waals surface area contributed by atoms with Gasteiger partial charge in [-0.25, -0.2) is 27.7 Å². The van der Waals surface area contributed by atoms with Crippen molar-refractivity contribution in [3.63, 3.8) is 0 Å². The zero-order chi connectivity index (χ0) is 21.8. The van der Waals surface area contributed by atoms with Crippen LogP contribution < -0.4 is 19.7 Å². The maximum absolute atomic E-state index is 14.5. The molecule has 5 rings (SSSR count). The molecule has 0 unspecified atom stereocenters. The summed E-state index contributed by atoms with van der Waals surface area (Å²) in [4.78, 5) is 9.96. The number of nitrogens with zero attached hydrogens (tertiary/aromatic N) is 5. The maximum atomic E-state index is 14.5. The molecule has 3 aromatic rings. The molecule has 1 atom stereocenters. The first kappa shape index (κ1) is 19.5. The number of ether oxygens (including phenoxy) is 2. The SMILES string of the molecule is C=C1N[C@H](C)COc2ncc(F)cc2CN2CC(F)(F)COc3cn4ncc1c4nc32. The number of alkyl halides is 2. The molecule has 31 heavy (non-hydrogen) atoms. The predicted molar refractivity (Wildman–Crippen MR) is 106 cm³/mol. The van der Waals surface area contributed by atoms with Gasteiger partial charge in [-0.05, 0) is 13.0 Å². The molecule has 2 aliphatic rings. The van der Waals surface area contributed by atoms with Gasteiger partial charge in [-0.1, -0.05) is 6.58 Å². The van der Waals surface area contributed by atoms with Gasteiger partial charge in [-0.2, -0.15) is 5.10 Å². The average molecular weight is 432 g/mol. The number of aromatic nitrogens is 4. The Kier molecular flexibility index (Phi) is 4.42. The topological polar surface area (TPSA) is 76.8 Å². The van der Waals surface area contributed by atoms with Crippen molar-refractivity contribution in [3.8, 4) is 11.6 Å². The monoisotopic (exact) mass is 432 g/mol. The quantitative estimate of drug-likeness (QED) is 0.585. The molecule has 11 heteroatoms. The lowest BCUT2D eigenvalue weighted by atomic mass is 10.2. The fourth-order valence-corrected chi connectivity index (χ4v) is 3.68. The van der Waals surface area contributed by atoms with Crippen molar-refractivity contribution in [2.24, 2.45) is 0 Å². The highest BCUT2D eigenvalue weighted by Crippen LogP contribution is 2.36. The van der Waals surface area contributed by atoms with Gasteiger partial charge in [0.2, 0.25) is 5.88 Å². The van der Waals surface area contributed by atoms with E-state index in [4.69, 9.17) is 9.47 Å². The van der Waals surface area contributed by atoms with Crippen LogP contribution in [0.4, 0.5) is 19.0 Å². The highest BCUT2D eigenvalue weighted by molar-refractivity contribution is 5.75. The number of rotatable bonds is 0. The second-order valence-electron chi connectivity index (χ2n) is 7.71. The van der Waals surface area contributed by atoms with Crippen molar-refractivity contribution in [1.29, 1.82) is 0 Å². The third-order valence-electron chi connectivity index (χ3n) is 5.07. The van der Waals surface area contributed by atoms with Crippen LogP contribution in [0.5, 0.6) is 11.6 Å². The molecule has 3 aromatic heterocycles. The van der Waals surface area contributed by atoms with Gasteiger partial charge < -0.3 is 19.7 Å². The Labute approximate surface area is 175 Å².